The van der Waals surface area contributed by atoms with Crippen LogP contribution in [0.2, 0.25) is 5.02 Å². The molecule has 3 aromatic carbocycles. The Morgan fingerprint density at radius 2 is 1.82 bits per heavy atom. The first-order chi connectivity index (χ1) is 18.3. The number of thioether (sulfide) groups is 1. The fraction of sp³-hybridized carbons (Fsp3) is 0.179. The molecule has 1 amide bonds. The van der Waals surface area contributed by atoms with Crippen LogP contribution in [0.1, 0.15) is 35.3 Å². The van der Waals surface area contributed by atoms with Gasteiger partial charge in [-0.05, 0) is 114 Å². The highest BCUT2D eigenvalue weighted by Gasteiger charge is 2.32. The molecule has 7 nitrogen and oxygen atoms in total. The maximum Gasteiger partial charge on any atom is 0.335 e. The van der Waals surface area contributed by atoms with Crippen molar-refractivity contribution in [3.05, 3.63) is 90.9 Å². The van der Waals surface area contributed by atoms with Crippen LogP contribution in [0, 0.1) is 3.57 Å². The Bertz CT molecular complexity index is 1410. The number of amidine groups is 1. The molecule has 0 radical (unpaired) electrons. The van der Waals surface area contributed by atoms with Crippen molar-refractivity contribution in [2.75, 3.05) is 13.2 Å². The van der Waals surface area contributed by atoms with Gasteiger partial charge in [-0.3, -0.25) is 9.69 Å². The van der Waals surface area contributed by atoms with Gasteiger partial charge in [0.05, 0.1) is 26.3 Å². The molecule has 1 N–H and O–H groups in total. The van der Waals surface area contributed by atoms with Gasteiger partial charge in [-0.25, -0.2) is 9.79 Å². The van der Waals surface area contributed by atoms with E-state index in [1.54, 1.807) is 17.0 Å². The summed E-state index contributed by atoms with van der Waals surface area (Å²) in [6.07, 6.45) is 1.82. The standard InChI is InChI=1S/C28H24ClIN2O5S/c1-3-32-26(33)24(38-28(32)31-21-11-7-19(8-12-21)27(34)35)15-18-13-22(30)25(23(14-18)36-4-2)37-16-17-5-9-20(29)10-6-17/h5-15H,3-4,16H2,1-2H3,(H,34,35). The van der Waals surface area contributed by atoms with Crippen LogP contribution in [0.3, 0.4) is 0 Å². The smallest absolute Gasteiger partial charge is 0.335 e. The molecule has 0 spiro atoms. The zero-order chi connectivity index (χ0) is 27.2. The molecule has 1 saturated heterocycles. The molecule has 0 aliphatic carbocycles. The van der Waals surface area contributed by atoms with Crippen molar-refractivity contribution in [1.82, 2.24) is 4.90 Å². The summed E-state index contributed by atoms with van der Waals surface area (Å²) in [6, 6.07) is 17.5. The molecule has 1 aliphatic heterocycles. The number of rotatable bonds is 9. The third-order valence-corrected chi connectivity index (χ3v) is 7.53. The highest BCUT2D eigenvalue weighted by molar-refractivity contribution is 14.1. The number of carbonyl (C=O) groups is 2. The maximum absolute atomic E-state index is 13.1. The summed E-state index contributed by atoms with van der Waals surface area (Å²) in [5.74, 6) is 0.0829. The second kappa shape index (κ2) is 12.7. The molecule has 10 heteroatoms. The minimum absolute atomic E-state index is 0.144. The Kier molecular flexibility index (Phi) is 9.35. The Morgan fingerprint density at radius 1 is 1.11 bits per heavy atom. The third-order valence-electron chi connectivity index (χ3n) is 5.47. The van der Waals surface area contributed by atoms with E-state index in [-0.39, 0.29) is 11.5 Å². The Balaban J connectivity index is 1.59. The summed E-state index contributed by atoms with van der Waals surface area (Å²) in [5, 5.41) is 10.3. The minimum Gasteiger partial charge on any atom is -0.490 e. The lowest BCUT2D eigenvalue weighted by atomic mass is 10.1. The molecule has 0 unspecified atom stereocenters. The number of ether oxygens (including phenoxy) is 2. The van der Waals surface area contributed by atoms with Gasteiger partial charge >= 0.3 is 5.97 Å². The summed E-state index contributed by atoms with van der Waals surface area (Å²) in [4.78, 5) is 31.0. The average Bonchev–Trinajstić information content (AvgIpc) is 3.18. The fourth-order valence-electron chi connectivity index (χ4n) is 3.62. The van der Waals surface area contributed by atoms with Gasteiger partial charge in [0.1, 0.15) is 6.61 Å². The molecule has 0 atom stereocenters. The Morgan fingerprint density at radius 3 is 2.45 bits per heavy atom. The predicted molar refractivity (Wildman–Crippen MR) is 160 cm³/mol. The molecule has 0 bridgehead atoms. The second-order valence-corrected chi connectivity index (χ2v) is 10.7. The number of amides is 1. The van der Waals surface area contributed by atoms with E-state index in [9.17, 15) is 9.59 Å². The van der Waals surface area contributed by atoms with Crippen molar-refractivity contribution in [1.29, 1.82) is 0 Å². The first-order valence-corrected chi connectivity index (χ1v) is 14.0. The zero-order valence-electron chi connectivity index (χ0n) is 20.6. The number of likely N-dealkylation sites (N-methyl/N-ethyl adjacent to an activating group) is 1. The Hall–Kier alpha value is -3.02. The molecule has 4 rings (SSSR count). The van der Waals surface area contributed by atoms with Crippen LogP contribution in [0.15, 0.2) is 70.6 Å². The van der Waals surface area contributed by atoms with Crippen molar-refractivity contribution < 1.29 is 24.2 Å². The number of aromatic carboxylic acids is 1. The third kappa shape index (κ3) is 6.69. The van der Waals surface area contributed by atoms with Crippen LogP contribution >= 0.6 is 46.0 Å². The number of halogens is 2. The van der Waals surface area contributed by atoms with Crippen molar-refractivity contribution in [2.45, 2.75) is 20.5 Å². The average molecular weight is 663 g/mol. The lowest BCUT2D eigenvalue weighted by Crippen LogP contribution is -2.28. The van der Waals surface area contributed by atoms with E-state index in [4.69, 9.17) is 26.2 Å². The molecule has 1 aliphatic rings. The fourth-order valence-corrected chi connectivity index (χ4v) is 5.59. The molecule has 38 heavy (non-hydrogen) atoms. The van der Waals surface area contributed by atoms with Gasteiger partial charge in [0.25, 0.3) is 5.91 Å². The van der Waals surface area contributed by atoms with E-state index in [1.807, 2.05) is 56.3 Å². The van der Waals surface area contributed by atoms with Crippen LogP contribution in [-0.2, 0) is 11.4 Å². The number of hydrogen-bond donors (Lipinski definition) is 1. The van der Waals surface area contributed by atoms with Gasteiger partial charge in [0, 0.05) is 11.6 Å². The van der Waals surface area contributed by atoms with Gasteiger partial charge in [-0.15, -0.1) is 0 Å². The molecule has 0 aromatic heterocycles. The highest BCUT2D eigenvalue weighted by atomic mass is 127. The number of carboxylic acids is 1. The van der Waals surface area contributed by atoms with Crippen molar-refractivity contribution in [3.8, 4) is 11.5 Å². The lowest BCUT2D eigenvalue weighted by Gasteiger charge is -2.15. The first-order valence-electron chi connectivity index (χ1n) is 11.8. The van der Waals surface area contributed by atoms with Crippen molar-refractivity contribution in [2.24, 2.45) is 4.99 Å². The topological polar surface area (TPSA) is 88.4 Å². The van der Waals surface area contributed by atoms with Crippen molar-refractivity contribution >= 4 is 74.8 Å². The quantitative estimate of drug-likeness (QED) is 0.192. The molecule has 3 aromatic rings. The number of carboxylic acid groups (broad SMARTS) is 1. The van der Waals surface area contributed by atoms with Crippen LogP contribution < -0.4 is 9.47 Å². The summed E-state index contributed by atoms with van der Waals surface area (Å²) < 4.78 is 12.8. The molecular weight excluding hydrogens is 639 g/mol. The molecule has 0 saturated carbocycles. The lowest BCUT2D eigenvalue weighted by molar-refractivity contribution is -0.122. The summed E-state index contributed by atoms with van der Waals surface area (Å²) in [6.45, 7) is 5.06. The van der Waals surface area contributed by atoms with Crippen LogP contribution in [0.25, 0.3) is 6.08 Å². The van der Waals surface area contributed by atoms with Crippen LogP contribution in [-0.4, -0.2) is 40.2 Å². The van der Waals surface area contributed by atoms with Crippen LogP contribution in [0.5, 0.6) is 11.5 Å². The highest BCUT2D eigenvalue weighted by Crippen LogP contribution is 2.38. The number of hydrogen-bond acceptors (Lipinski definition) is 6. The van der Waals surface area contributed by atoms with Gasteiger partial charge < -0.3 is 14.6 Å². The van der Waals surface area contributed by atoms with Crippen molar-refractivity contribution in [3.63, 3.8) is 0 Å². The Labute approximate surface area is 243 Å². The number of carbonyl (C=O) groups excluding carboxylic acids is 1. The van der Waals surface area contributed by atoms with E-state index in [2.05, 4.69) is 27.6 Å². The van der Waals surface area contributed by atoms with E-state index in [1.165, 1.54) is 23.9 Å². The van der Waals surface area contributed by atoms with Gasteiger partial charge in [0.2, 0.25) is 0 Å². The molecule has 1 heterocycles. The van der Waals surface area contributed by atoms with Crippen LogP contribution in [0.4, 0.5) is 5.69 Å². The normalized spacial score (nSPS) is 15.4. The molecule has 1 fully saturated rings. The van der Waals surface area contributed by atoms with Gasteiger partial charge in [0.15, 0.2) is 16.7 Å². The van der Waals surface area contributed by atoms with E-state index >= 15 is 0 Å². The number of aliphatic imine (C=N–C) groups is 1. The van der Waals surface area contributed by atoms with E-state index in [0.29, 0.717) is 52.0 Å². The van der Waals surface area contributed by atoms with E-state index in [0.717, 1.165) is 14.7 Å². The van der Waals surface area contributed by atoms with E-state index < -0.39 is 5.97 Å². The number of nitrogens with zero attached hydrogens (tertiary/aromatic N) is 2. The van der Waals surface area contributed by atoms with Gasteiger partial charge in [-0.2, -0.15) is 0 Å². The summed E-state index contributed by atoms with van der Waals surface area (Å²) in [5.41, 5.74) is 2.53. The van der Waals surface area contributed by atoms with Gasteiger partial charge in [-0.1, -0.05) is 23.7 Å². The summed E-state index contributed by atoms with van der Waals surface area (Å²) in [7, 11) is 0. The summed E-state index contributed by atoms with van der Waals surface area (Å²) >= 11 is 9.46. The minimum atomic E-state index is -1.00. The maximum atomic E-state index is 13.1. The monoisotopic (exact) mass is 662 g/mol. The molecular formula is C28H24ClIN2O5S. The SMILES string of the molecule is CCOc1cc(C=C2SC(=Nc3ccc(C(=O)O)cc3)N(CC)C2=O)cc(I)c1OCc1ccc(Cl)cc1. The zero-order valence-corrected chi connectivity index (χ0v) is 24.3. The number of benzene rings is 3. The second-order valence-electron chi connectivity index (χ2n) is 8.08. The predicted octanol–water partition coefficient (Wildman–Crippen LogP) is 7.24. The first kappa shape index (κ1) is 28.0. The largest absolute Gasteiger partial charge is 0.490 e. The molecule has 196 valence electrons.